The minimum absolute atomic E-state index is 0.105. The summed E-state index contributed by atoms with van der Waals surface area (Å²) in [6.07, 6.45) is 4.83. The summed E-state index contributed by atoms with van der Waals surface area (Å²) in [6.45, 7) is 3.11. The topological polar surface area (TPSA) is 42.7 Å². The predicted octanol–water partition coefficient (Wildman–Crippen LogP) is 1.31. The van der Waals surface area contributed by atoms with E-state index in [1.807, 2.05) is 0 Å². The van der Waals surface area contributed by atoms with E-state index in [4.69, 9.17) is 9.15 Å². The van der Waals surface area contributed by atoms with E-state index in [-0.39, 0.29) is 5.78 Å². The van der Waals surface area contributed by atoms with Crippen LogP contribution in [0, 0.1) is 0 Å². The number of hydrogen-bond acceptors (Lipinski definition) is 4. The summed E-state index contributed by atoms with van der Waals surface area (Å²) in [7, 11) is 0. The van der Waals surface area contributed by atoms with E-state index in [9.17, 15) is 4.79 Å². The molecule has 1 aliphatic rings. The lowest BCUT2D eigenvalue weighted by Crippen LogP contribution is -2.32. The van der Waals surface area contributed by atoms with Crippen LogP contribution in [0.25, 0.3) is 0 Å². The molecule has 2 rings (SSSR count). The minimum Gasteiger partial charge on any atom is -0.461 e. The second-order valence-corrected chi connectivity index (χ2v) is 3.31. The monoisotopic (exact) mass is 207 g/mol. The second-order valence-electron chi connectivity index (χ2n) is 3.31. The van der Waals surface area contributed by atoms with Crippen LogP contribution in [0.2, 0.25) is 0 Å². The van der Waals surface area contributed by atoms with Crippen molar-refractivity contribution >= 4 is 5.78 Å². The lowest BCUT2D eigenvalue weighted by atomic mass is 10.3. The molecule has 0 bridgehead atoms. The van der Waals surface area contributed by atoms with Gasteiger partial charge < -0.3 is 14.1 Å². The van der Waals surface area contributed by atoms with Gasteiger partial charge in [-0.2, -0.15) is 0 Å². The third kappa shape index (κ3) is 2.70. The zero-order valence-electron chi connectivity index (χ0n) is 8.39. The first-order valence-corrected chi connectivity index (χ1v) is 4.94. The molecule has 2 heterocycles. The number of furan rings is 1. The second kappa shape index (κ2) is 4.79. The molecule has 0 radical (unpaired) electrons. The summed E-state index contributed by atoms with van der Waals surface area (Å²) in [5.41, 5.74) is 0. The molecule has 0 aliphatic carbocycles. The van der Waals surface area contributed by atoms with Crippen LogP contribution < -0.4 is 0 Å². The molecule has 1 fully saturated rings. The largest absolute Gasteiger partial charge is 0.461 e. The molecule has 1 aromatic rings. The first-order chi connectivity index (χ1) is 7.36. The maximum absolute atomic E-state index is 11.5. The number of rotatable bonds is 3. The molecule has 80 valence electrons. The summed E-state index contributed by atoms with van der Waals surface area (Å²) in [4.78, 5) is 13.6. The smallest absolute Gasteiger partial charge is 0.222 e. The summed E-state index contributed by atoms with van der Waals surface area (Å²) in [6, 6.07) is 3.36. The quantitative estimate of drug-likeness (QED) is 0.553. The number of ketones is 1. The summed E-state index contributed by atoms with van der Waals surface area (Å²) >= 11 is 0. The van der Waals surface area contributed by atoms with Crippen LogP contribution in [-0.4, -0.2) is 37.0 Å². The Morgan fingerprint density at radius 3 is 2.87 bits per heavy atom. The highest BCUT2D eigenvalue weighted by Crippen LogP contribution is 2.03. The van der Waals surface area contributed by atoms with Gasteiger partial charge in [0.2, 0.25) is 5.78 Å². The van der Waals surface area contributed by atoms with Crippen molar-refractivity contribution in [1.29, 1.82) is 0 Å². The molecule has 0 spiro atoms. The van der Waals surface area contributed by atoms with Crippen LogP contribution in [0.5, 0.6) is 0 Å². The number of carbonyl (C=O) groups excluding carboxylic acids is 1. The fourth-order valence-electron chi connectivity index (χ4n) is 1.40. The van der Waals surface area contributed by atoms with Gasteiger partial charge in [0.25, 0.3) is 0 Å². The van der Waals surface area contributed by atoms with E-state index in [1.54, 1.807) is 18.3 Å². The molecule has 0 saturated carbocycles. The summed E-state index contributed by atoms with van der Waals surface area (Å²) in [5.74, 6) is 0.269. The first kappa shape index (κ1) is 9.98. The van der Waals surface area contributed by atoms with E-state index in [1.165, 1.54) is 12.3 Å². The van der Waals surface area contributed by atoms with Crippen LogP contribution in [0.3, 0.4) is 0 Å². The van der Waals surface area contributed by atoms with E-state index in [2.05, 4.69) is 4.90 Å². The van der Waals surface area contributed by atoms with E-state index in [0.717, 1.165) is 26.3 Å². The van der Waals surface area contributed by atoms with Gasteiger partial charge in [0, 0.05) is 25.4 Å². The van der Waals surface area contributed by atoms with Gasteiger partial charge in [-0.05, 0) is 12.1 Å². The normalized spacial score (nSPS) is 17.2. The predicted molar refractivity (Wildman–Crippen MR) is 54.6 cm³/mol. The van der Waals surface area contributed by atoms with Crippen molar-refractivity contribution in [3.05, 3.63) is 36.4 Å². The maximum Gasteiger partial charge on any atom is 0.222 e. The lowest BCUT2D eigenvalue weighted by molar-refractivity contribution is 0.0591. The van der Waals surface area contributed by atoms with Crippen LogP contribution in [0.1, 0.15) is 10.6 Å². The Kier molecular flexibility index (Phi) is 3.19. The Balaban J connectivity index is 1.90. The van der Waals surface area contributed by atoms with Gasteiger partial charge in [-0.25, -0.2) is 0 Å². The molecular formula is C11H13NO3. The molecule has 15 heavy (non-hydrogen) atoms. The summed E-state index contributed by atoms with van der Waals surface area (Å²) in [5, 5.41) is 0. The Morgan fingerprint density at radius 1 is 1.40 bits per heavy atom. The molecule has 1 aromatic heterocycles. The molecule has 0 unspecified atom stereocenters. The van der Waals surface area contributed by atoms with E-state index in [0.29, 0.717) is 5.76 Å². The molecular weight excluding hydrogens is 194 g/mol. The van der Waals surface area contributed by atoms with Gasteiger partial charge in [0.15, 0.2) is 5.76 Å². The fourth-order valence-corrected chi connectivity index (χ4v) is 1.40. The highest BCUT2D eigenvalue weighted by atomic mass is 16.5. The van der Waals surface area contributed by atoms with Crippen molar-refractivity contribution in [3.63, 3.8) is 0 Å². The Labute approximate surface area is 88.1 Å². The molecule has 0 amide bonds. The van der Waals surface area contributed by atoms with E-state index >= 15 is 0 Å². The highest BCUT2D eigenvalue weighted by Gasteiger charge is 2.07. The van der Waals surface area contributed by atoms with Gasteiger partial charge >= 0.3 is 0 Å². The van der Waals surface area contributed by atoms with Gasteiger partial charge in [0.05, 0.1) is 19.5 Å². The van der Waals surface area contributed by atoms with Gasteiger partial charge in [0.1, 0.15) is 0 Å². The number of allylic oxidation sites excluding steroid dienone is 1. The van der Waals surface area contributed by atoms with Crippen molar-refractivity contribution in [1.82, 2.24) is 4.90 Å². The molecule has 1 saturated heterocycles. The average Bonchev–Trinajstić information content (AvgIpc) is 2.81. The average molecular weight is 207 g/mol. The number of hydrogen-bond donors (Lipinski definition) is 0. The third-order valence-corrected chi connectivity index (χ3v) is 2.25. The molecule has 4 nitrogen and oxygen atoms in total. The number of morpholine rings is 1. The van der Waals surface area contributed by atoms with Crippen molar-refractivity contribution in [2.45, 2.75) is 0 Å². The van der Waals surface area contributed by atoms with Crippen molar-refractivity contribution in [2.75, 3.05) is 26.3 Å². The fraction of sp³-hybridized carbons (Fsp3) is 0.364. The van der Waals surface area contributed by atoms with Crippen LogP contribution in [0.15, 0.2) is 35.1 Å². The van der Waals surface area contributed by atoms with Crippen molar-refractivity contribution in [3.8, 4) is 0 Å². The van der Waals surface area contributed by atoms with Gasteiger partial charge in [-0.3, -0.25) is 4.79 Å². The zero-order valence-corrected chi connectivity index (χ0v) is 8.39. The molecule has 0 N–H and O–H groups in total. The summed E-state index contributed by atoms with van der Waals surface area (Å²) < 4.78 is 10.2. The van der Waals surface area contributed by atoms with Gasteiger partial charge in [-0.15, -0.1) is 0 Å². The molecule has 4 heteroatoms. The molecule has 0 atom stereocenters. The molecule has 1 aliphatic heterocycles. The Bertz CT molecular complexity index is 337. The van der Waals surface area contributed by atoms with Gasteiger partial charge in [-0.1, -0.05) is 0 Å². The van der Waals surface area contributed by atoms with Crippen LogP contribution in [-0.2, 0) is 4.74 Å². The van der Waals surface area contributed by atoms with Crippen molar-refractivity contribution in [2.24, 2.45) is 0 Å². The van der Waals surface area contributed by atoms with Crippen LogP contribution >= 0.6 is 0 Å². The molecule has 0 aromatic carbocycles. The first-order valence-electron chi connectivity index (χ1n) is 4.94. The Morgan fingerprint density at radius 2 is 2.20 bits per heavy atom. The minimum atomic E-state index is -0.105. The zero-order chi connectivity index (χ0) is 10.5. The maximum atomic E-state index is 11.5. The standard InChI is InChI=1S/C11H13NO3/c13-10(11-2-1-7-15-11)3-4-12-5-8-14-9-6-12/h1-4,7H,5-6,8-9H2. The lowest BCUT2D eigenvalue weighted by Gasteiger charge is -2.24. The van der Waals surface area contributed by atoms with Crippen LogP contribution in [0.4, 0.5) is 0 Å². The Hall–Kier alpha value is -1.55. The number of nitrogens with zero attached hydrogens (tertiary/aromatic N) is 1. The van der Waals surface area contributed by atoms with E-state index < -0.39 is 0 Å². The number of carbonyl (C=O) groups is 1. The SMILES string of the molecule is O=C(C=CN1CCOCC1)c1ccco1. The van der Waals surface area contributed by atoms with Crippen molar-refractivity contribution < 1.29 is 13.9 Å². The number of ether oxygens (including phenoxy) is 1. The third-order valence-electron chi connectivity index (χ3n) is 2.25. The highest BCUT2D eigenvalue weighted by molar-refractivity contribution is 6.02.